The van der Waals surface area contributed by atoms with Crippen LogP contribution in [0.25, 0.3) is 11.2 Å². The summed E-state index contributed by atoms with van der Waals surface area (Å²) < 4.78 is 7.12. The van der Waals surface area contributed by atoms with Gasteiger partial charge in [-0.05, 0) is 12.0 Å². The Morgan fingerprint density at radius 1 is 1.23 bits per heavy atom. The molecule has 0 spiro atoms. The number of rotatable bonds is 6. The molecule has 1 aromatic carbocycles. The summed E-state index contributed by atoms with van der Waals surface area (Å²) in [6.45, 7) is 0.167. The number of aliphatic hydroxyl groups is 2. The maximum atomic E-state index is 12.6. The van der Waals surface area contributed by atoms with Gasteiger partial charge in [0.15, 0.2) is 17.8 Å². The van der Waals surface area contributed by atoms with Gasteiger partial charge >= 0.3 is 0 Å². The fourth-order valence-corrected chi connectivity index (χ4v) is 3.53. The number of benzene rings is 1. The molecule has 1 aliphatic rings. The smallest absolute Gasteiger partial charge is 0.237 e. The molecule has 1 fully saturated rings. The second-order valence-corrected chi connectivity index (χ2v) is 7.21. The van der Waals surface area contributed by atoms with Crippen molar-refractivity contribution >= 4 is 35.3 Å². The third kappa shape index (κ3) is 4.75. The van der Waals surface area contributed by atoms with Crippen LogP contribution in [-0.2, 0) is 22.5 Å². The van der Waals surface area contributed by atoms with Gasteiger partial charge in [-0.2, -0.15) is 0 Å². The SMILES string of the molecule is Cl.Nc1ncnc2c1ncn2CC1OC(O)C(O)C1NC(=O)C(N)Cc1ccccc1. The number of nitrogens with two attached hydrogens (primary N) is 2. The van der Waals surface area contributed by atoms with Crippen LogP contribution in [0.5, 0.6) is 0 Å². The highest BCUT2D eigenvalue weighted by molar-refractivity contribution is 5.85. The van der Waals surface area contributed by atoms with E-state index in [1.54, 1.807) is 4.57 Å². The van der Waals surface area contributed by atoms with Gasteiger partial charge in [-0.3, -0.25) is 4.79 Å². The molecule has 3 aromatic rings. The van der Waals surface area contributed by atoms with Crippen molar-refractivity contribution in [3.63, 3.8) is 0 Å². The van der Waals surface area contributed by atoms with E-state index in [1.165, 1.54) is 12.7 Å². The number of carbonyl (C=O) groups excluding carboxylic acids is 1. The van der Waals surface area contributed by atoms with Gasteiger partial charge < -0.3 is 36.3 Å². The van der Waals surface area contributed by atoms with Crippen molar-refractivity contribution in [3.05, 3.63) is 48.5 Å². The number of hydrogen-bond donors (Lipinski definition) is 5. The number of amides is 1. The lowest BCUT2D eigenvalue weighted by Crippen LogP contribution is -2.53. The minimum Gasteiger partial charge on any atom is -0.386 e. The molecule has 5 atom stereocenters. The molecule has 0 bridgehead atoms. The van der Waals surface area contributed by atoms with Crippen LogP contribution in [0.1, 0.15) is 5.56 Å². The van der Waals surface area contributed by atoms with Gasteiger partial charge in [0, 0.05) is 0 Å². The summed E-state index contributed by atoms with van der Waals surface area (Å²) in [5.74, 6) is -0.212. The van der Waals surface area contributed by atoms with E-state index in [4.69, 9.17) is 16.2 Å². The van der Waals surface area contributed by atoms with Crippen LogP contribution in [0.3, 0.4) is 0 Å². The predicted octanol–water partition coefficient (Wildman–Crippen LogP) is -1.04. The zero-order chi connectivity index (χ0) is 21.3. The molecule has 0 radical (unpaired) electrons. The average Bonchev–Trinajstić information content (AvgIpc) is 3.26. The van der Waals surface area contributed by atoms with E-state index < -0.39 is 36.5 Å². The maximum Gasteiger partial charge on any atom is 0.237 e. The summed E-state index contributed by atoms with van der Waals surface area (Å²) in [7, 11) is 0. The number of aromatic nitrogens is 4. The van der Waals surface area contributed by atoms with Crippen LogP contribution < -0.4 is 16.8 Å². The molecule has 1 amide bonds. The van der Waals surface area contributed by atoms with Crippen molar-refractivity contribution in [2.24, 2.45) is 5.73 Å². The molecule has 3 heterocycles. The largest absolute Gasteiger partial charge is 0.386 e. The zero-order valence-electron chi connectivity index (χ0n) is 16.4. The first-order valence-electron chi connectivity index (χ1n) is 9.47. The molecule has 2 aromatic heterocycles. The van der Waals surface area contributed by atoms with E-state index in [0.717, 1.165) is 5.56 Å². The highest BCUT2D eigenvalue weighted by Gasteiger charge is 2.44. The molecule has 7 N–H and O–H groups in total. The highest BCUT2D eigenvalue weighted by Crippen LogP contribution is 2.23. The number of hydrogen-bond acceptors (Lipinski definition) is 9. The summed E-state index contributed by atoms with van der Waals surface area (Å²) in [5.41, 5.74) is 13.7. The molecule has 11 nitrogen and oxygen atoms in total. The molecule has 12 heteroatoms. The molecule has 1 saturated heterocycles. The molecular formula is C19H24ClN7O4. The topological polar surface area (TPSA) is 174 Å². The minimum absolute atomic E-state index is 0. The van der Waals surface area contributed by atoms with Crippen LogP contribution in [0.4, 0.5) is 5.82 Å². The fourth-order valence-electron chi connectivity index (χ4n) is 3.53. The Balaban J connectivity index is 0.00000272. The van der Waals surface area contributed by atoms with Crippen molar-refractivity contribution in [2.75, 3.05) is 5.73 Å². The Hall–Kier alpha value is -2.83. The Bertz CT molecular complexity index is 1030. The lowest BCUT2D eigenvalue weighted by atomic mass is 10.0. The normalized spacial score (nSPS) is 24.0. The van der Waals surface area contributed by atoms with Crippen molar-refractivity contribution < 1.29 is 19.7 Å². The predicted molar refractivity (Wildman–Crippen MR) is 114 cm³/mol. The number of fused-ring (bicyclic) bond motifs is 1. The average molecular weight is 450 g/mol. The highest BCUT2D eigenvalue weighted by atomic mass is 35.5. The monoisotopic (exact) mass is 449 g/mol. The Morgan fingerprint density at radius 2 is 1.97 bits per heavy atom. The Morgan fingerprint density at radius 3 is 2.71 bits per heavy atom. The standard InChI is InChI=1S/C19H23N7O4.ClH/c20-11(6-10-4-2-1-3-5-10)18(28)25-13-12(30-19(29)15(13)27)7-26-9-24-14-16(21)22-8-23-17(14)26;/h1-5,8-9,11-13,15,19,27,29H,6-7,20H2,(H,25,28)(H2,21,22,23);1H. The van der Waals surface area contributed by atoms with Gasteiger partial charge in [0.2, 0.25) is 5.91 Å². The summed E-state index contributed by atoms with van der Waals surface area (Å²) in [4.78, 5) is 24.9. The lowest BCUT2D eigenvalue weighted by molar-refractivity contribution is -0.128. The van der Waals surface area contributed by atoms with Gasteiger partial charge in [-0.15, -0.1) is 12.4 Å². The second-order valence-electron chi connectivity index (χ2n) is 7.21. The molecule has 0 saturated carbocycles. The lowest BCUT2D eigenvalue weighted by Gasteiger charge is -2.23. The number of nitrogens with zero attached hydrogens (tertiary/aromatic N) is 4. The number of aliphatic hydroxyl groups excluding tert-OH is 2. The van der Waals surface area contributed by atoms with Crippen molar-refractivity contribution in [1.82, 2.24) is 24.8 Å². The van der Waals surface area contributed by atoms with Gasteiger partial charge in [0.1, 0.15) is 24.1 Å². The van der Waals surface area contributed by atoms with Gasteiger partial charge in [-0.25, -0.2) is 15.0 Å². The number of carbonyl (C=O) groups is 1. The molecule has 0 aliphatic carbocycles. The van der Waals surface area contributed by atoms with Crippen LogP contribution >= 0.6 is 12.4 Å². The van der Waals surface area contributed by atoms with E-state index in [2.05, 4.69) is 20.3 Å². The number of imidazole rings is 1. The molecule has 4 rings (SSSR count). The molecule has 31 heavy (non-hydrogen) atoms. The van der Waals surface area contributed by atoms with Crippen LogP contribution in [0.15, 0.2) is 43.0 Å². The quantitative estimate of drug-likeness (QED) is 0.315. The summed E-state index contributed by atoms with van der Waals surface area (Å²) in [6, 6.07) is 7.69. The minimum atomic E-state index is -1.44. The molecule has 1 aliphatic heterocycles. The van der Waals surface area contributed by atoms with Gasteiger partial charge in [0.25, 0.3) is 0 Å². The van der Waals surface area contributed by atoms with E-state index in [1.807, 2.05) is 30.3 Å². The van der Waals surface area contributed by atoms with Gasteiger partial charge in [0.05, 0.1) is 25.0 Å². The summed E-state index contributed by atoms with van der Waals surface area (Å²) in [5, 5.41) is 23.0. The van der Waals surface area contributed by atoms with E-state index in [9.17, 15) is 15.0 Å². The zero-order valence-corrected chi connectivity index (χ0v) is 17.2. The Labute approximate surface area is 183 Å². The number of halogens is 1. The third-order valence-corrected chi connectivity index (χ3v) is 5.13. The fraction of sp³-hybridized carbons (Fsp3) is 0.368. The van der Waals surface area contributed by atoms with E-state index in [-0.39, 0.29) is 24.8 Å². The van der Waals surface area contributed by atoms with E-state index in [0.29, 0.717) is 17.6 Å². The van der Waals surface area contributed by atoms with Crippen LogP contribution in [0, 0.1) is 0 Å². The summed E-state index contributed by atoms with van der Waals surface area (Å²) >= 11 is 0. The number of nitrogen functional groups attached to an aromatic ring is 1. The second kappa shape index (κ2) is 9.54. The maximum absolute atomic E-state index is 12.6. The number of nitrogens with one attached hydrogen (secondary N) is 1. The van der Waals surface area contributed by atoms with Crippen LogP contribution in [0.2, 0.25) is 0 Å². The first-order valence-corrected chi connectivity index (χ1v) is 9.47. The first-order chi connectivity index (χ1) is 14.4. The molecular weight excluding hydrogens is 426 g/mol. The Kier molecular flexibility index (Phi) is 7.03. The van der Waals surface area contributed by atoms with Crippen molar-refractivity contribution in [2.45, 2.75) is 43.5 Å². The molecule has 5 unspecified atom stereocenters. The number of ether oxygens (including phenoxy) is 1. The van der Waals surface area contributed by atoms with Crippen LogP contribution in [-0.4, -0.2) is 66.2 Å². The number of anilines is 1. The van der Waals surface area contributed by atoms with Gasteiger partial charge in [-0.1, -0.05) is 30.3 Å². The van der Waals surface area contributed by atoms with E-state index >= 15 is 0 Å². The van der Waals surface area contributed by atoms with Crippen molar-refractivity contribution in [3.8, 4) is 0 Å². The van der Waals surface area contributed by atoms with Crippen molar-refractivity contribution in [1.29, 1.82) is 0 Å². The molecule has 166 valence electrons. The summed E-state index contributed by atoms with van der Waals surface area (Å²) in [6.07, 6.45) is -0.326. The third-order valence-electron chi connectivity index (χ3n) is 5.13. The first kappa shape index (κ1) is 22.8.